The zero-order valence-electron chi connectivity index (χ0n) is 16.0. The second-order valence-electron chi connectivity index (χ2n) is 7.15. The van der Waals surface area contributed by atoms with Crippen molar-refractivity contribution in [2.75, 3.05) is 38.2 Å². The van der Waals surface area contributed by atoms with Crippen molar-refractivity contribution in [1.82, 2.24) is 9.97 Å². The summed E-state index contributed by atoms with van der Waals surface area (Å²) in [5, 5.41) is 4.78. The fourth-order valence-corrected chi connectivity index (χ4v) is 4.58. The van der Waals surface area contributed by atoms with Crippen molar-refractivity contribution in [2.24, 2.45) is 0 Å². The molecule has 6 heteroatoms. The highest BCUT2D eigenvalue weighted by Crippen LogP contribution is 2.33. The number of hydrogen-bond donors (Lipinski definition) is 2. The number of rotatable bonds is 6. The highest BCUT2D eigenvalue weighted by Gasteiger charge is 2.19. The number of fused-ring (bicyclic) bond motifs is 1. The topological polar surface area (TPSA) is 51.5 Å². The number of anilines is 1. The molecule has 2 N–H and O–H groups in total. The van der Waals surface area contributed by atoms with Crippen LogP contribution in [0.3, 0.4) is 0 Å². The van der Waals surface area contributed by atoms with Crippen LogP contribution in [0.1, 0.15) is 21.8 Å². The molecule has 0 radical (unpaired) electrons. The van der Waals surface area contributed by atoms with E-state index in [9.17, 15) is 0 Å². The summed E-state index contributed by atoms with van der Waals surface area (Å²) in [4.78, 5) is 13.7. The van der Waals surface area contributed by atoms with E-state index in [0.29, 0.717) is 0 Å². The third kappa shape index (κ3) is 4.29. The lowest BCUT2D eigenvalue weighted by Gasteiger charge is -2.23. The van der Waals surface area contributed by atoms with Gasteiger partial charge in [-0.3, -0.25) is 0 Å². The molecule has 3 heterocycles. The predicted octanol–water partition coefficient (Wildman–Crippen LogP) is 2.38. The molecule has 4 rings (SSSR count). The average Bonchev–Trinajstić information content (AvgIpc) is 2.97. The second-order valence-corrected chi connectivity index (χ2v) is 8.36. The lowest BCUT2D eigenvalue weighted by atomic mass is 10.1. The van der Waals surface area contributed by atoms with Crippen LogP contribution in [0.25, 0.3) is 10.2 Å². The van der Waals surface area contributed by atoms with E-state index in [2.05, 4.69) is 49.5 Å². The van der Waals surface area contributed by atoms with Crippen LogP contribution in [-0.4, -0.2) is 42.8 Å². The molecular weight excluding hydrogens is 356 g/mol. The maximum Gasteiger partial charge on any atom is 0.187 e. The van der Waals surface area contributed by atoms with Crippen LogP contribution in [0.2, 0.25) is 0 Å². The number of ether oxygens (including phenoxy) is 1. The summed E-state index contributed by atoms with van der Waals surface area (Å²) in [5.41, 5.74) is 2.63. The number of aryl methyl sites for hydroxylation is 2. The maximum atomic E-state index is 5.47. The quantitative estimate of drug-likeness (QED) is 0.686. The highest BCUT2D eigenvalue weighted by molar-refractivity contribution is 7.18. The minimum absolute atomic E-state index is 0.830. The fourth-order valence-electron chi connectivity index (χ4n) is 3.53. The lowest BCUT2D eigenvalue weighted by molar-refractivity contribution is -0.922. The van der Waals surface area contributed by atoms with Crippen LogP contribution in [-0.2, 0) is 17.7 Å². The smallest absolute Gasteiger partial charge is 0.187 e. The number of thiophene rings is 1. The molecule has 0 aliphatic carbocycles. The third-order valence-corrected chi connectivity index (χ3v) is 6.33. The van der Waals surface area contributed by atoms with Crippen LogP contribution in [0.15, 0.2) is 30.3 Å². The summed E-state index contributed by atoms with van der Waals surface area (Å²) < 4.78 is 5.47. The van der Waals surface area contributed by atoms with Crippen LogP contribution in [0, 0.1) is 13.8 Å². The van der Waals surface area contributed by atoms with Gasteiger partial charge in [-0.2, -0.15) is 0 Å². The van der Waals surface area contributed by atoms with Crippen LogP contribution < -0.4 is 10.2 Å². The van der Waals surface area contributed by atoms with E-state index in [-0.39, 0.29) is 0 Å². The standard InChI is InChI=1S/C21H26N4OS/c1-15-16(2)27-21-19(15)20(22-9-8-17-6-4-3-5-7-17)23-18(24-21)14-25-10-12-26-13-11-25/h3-7H,8-14H2,1-2H3,(H,22,23,24)/p+1. The molecule has 0 unspecified atom stereocenters. The van der Waals surface area contributed by atoms with E-state index in [1.54, 1.807) is 11.3 Å². The molecule has 0 atom stereocenters. The largest absolute Gasteiger partial charge is 0.370 e. The van der Waals surface area contributed by atoms with Gasteiger partial charge in [0.1, 0.15) is 30.3 Å². The Kier molecular flexibility index (Phi) is 5.66. The first kappa shape index (κ1) is 18.3. The van der Waals surface area contributed by atoms with Gasteiger partial charge in [-0.05, 0) is 31.4 Å². The molecule has 0 spiro atoms. The van der Waals surface area contributed by atoms with Gasteiger partial charge in [0, 0.05) is 11.4 Å². The van der Waals surface area contributed by atoms with Crippen LogP contribution in [0.5, 0.6) is 0 Å². The molecule has 1 aromatic carbocycles. The van der Waals surface area contributed by atoms with Crippen molar-refractivity contribution >= 4 is 27.4 Å². The third-order valence-electron chi connectivity index (χ3n) is 5.23. The molecule has 1 fully saturated rings. The van der Waals surface area contributed by atoms with Crippen LogP contribution in [0.4, 0.5) is 5.82 Å². The fraction of sp³-hybridized carbons (Fsp3) is 0.429. The van der Waals surface area contributed by atoms with Gasteiger partial charge < -0.3 is 15.0 Å². The minimum Gasteiger partial charge on any atom is -0.370 e. The summed E-state index contributed by atoms with van der Waals surface area (Å²) in [6.07, 6.45) is 0.985. The van der Waals surface area contributed by atoms with E-state index < -0.39 is 0 Å². The molecule has 0 bridgehead atoms. The van der Waals surface area contributed by atoms with Gasteiger partial charge in [0.15, 0.2) is 5.82 Å². The Morgan fingerprint density at radius 3 is 2.67 bits per heavy atom. The number of benzene rings is 1. The van der Waals surface area contributed by atoms with E-state index >= 15 is 0 Å². The number of nitrogens with zero attached hydrogens (tertiary/aromatic N) is 2. The number of quaternary nitrogens is 1. The molecule has 2 aromatic heterocycles. The molecule has 3 aromatic rings. The molecule has 27 heavy (non-hydrogen) atoms. The van der Waals surface area contributed by atoms with Gasteiger partial charge in [0.05, 0.1) is 18.6 Å². The normalized spacial score (nSPS) is 15.3. The minimum atomic E-state index is 0.830. The molecular formula is C21H27N4OS+. The lowest BCUT2D eigenvalue weighted by Crippen LogP contribution is -3.12. The first-order valence-electron chi connectivity index (χ1n) is 9.66. The van der Waals surface area contributed by atoms with Crippen LogP contribution >= 0.6 is 11.3 Å². The molecule has 1 saturated heterocycles. The molecule has 5 nitrogen and oxygen atoms in total. The van der Waals surface area contributed by atoms with Crippen molar-refractivity contribution in [3.8, 4) is 0 Å². The monoisotopic (exact) mass is 383 g/mol. The van der Waals surface area contributed by atoms with Gasteiger partial charge in [-0.1, -0.05) is 30.3 Å². The highest BCUT2D eigenvalue weighted by atomic mass is 32.1. The summed E-state index contributed by atoms with van der Waals surface area (Å²) in [6, 6.07) is 10.6. The first-order valence-corrected chi connectivity index (χ1v) is 10.5. The molecule has 0 saturated carbocycles. The summed E-state index contributed by atoms with van der Waals surface area (Å²) >= 11 is 1.77. The van der Waals surface area contributed by atoms with E-state index in [1.165, 1.54) is 26.3 Å². The Bertz CT molecular complexity index is 903. The Morgan fingerprint density at radius 2 is 1.89 bits per heavy atom. The Labute approximate surface area is 164 Å². The Hall–Kier alpha value is -2.02. The number of hydrogen-bond acceptors (Lipinski definition) is 5. The van der Waals surface area contributed by atoms with Crippen molar-refractivity contribution < 1.29 is 9.64 Å². The molecule has 1 aliphatic rings. The zero-order valence-corrected chi connectivity index (χ0v) is 16.9. The molecule has 1 aliphatic heterocycles. The van der Waals surface area contributed by atoms with Gasteiger partial charge in [-0.15, -0.1) is 11.3 Å². The van der Waals surface area contributed by atoms with Gasteiger partial charge >= 0.3 is 0 Å². The van der Waals surface area contributed by atoms with Gasteiger partial charge in [0.2, 0.25) is 0 Å². The average molecular weight is 384 g/mol. The Morgan fingerprint density at radius 1 is 1.11 bits per heavy atom. The molecule has 142 valence electrons. The number of nitrogens with one attached hydrogen (secondary N) is 2. The first-order chi connectivity index (χ1) is 13.2. The number of aromatic nitrogens is 2. The van der Waals surface area contributed by atoms with E-state index in [0.717, 1.165) is 62.3 Å². The molecule has 0 amide bonds. The Balaban J connectivity index is 1.56. The second kappa shape index (κ2) is 8.33. The van der Waals surface area contributed by atoms with Gasteiger partial charge in [0.25, 0.3) is 0 Å². The zero-order chi connectivity index (χ0) is 18.6. The van der Waals surface area contributed by atoms with Crippen molar-refractivity contribution in [3.63, 3.8) is 0 Å². The number of morpholine rings is 1. The SMILES string of the molecule is Cc1sc2nc(C[NH+]3CCOCC3)nc(NCCc3ccccc3)c2c1C. The van der Waals surface area contributed by atoms with Crippen molar-refractivity contribution in [1.29, 1.82) is 0 Å². The van der Waals surface area contributed by atoms with Crippen molar-refractivity contribution in [3.05, 3.63) is 52.2 Å². The van der Waals surface area contributed by atoms with E-state index in [4.69, 9.17) is 14.7 Å². The van der Waals surface area contributed by atoms with Crippen molar-refractivity contribution in [2.45, 2.75) is 26.8 Å². The maximum absolute atomic E-state index is 5.47. The summed E-state index contributed by atoms with van der Waals surface area (Å²) in [6.45, 7) is 9.79. The van der Waals surface area contributed by atoms with E-state index in [1.807, 2.05) is 0 Å². The van der Waals surface area contributed by atoms with Gasteiger partial charge in [-0.25, -0.2) is 9.97 Å². The summed E-state index contributed by atoms with van der Waals surface area (Å²) in [7, 11) is 0. The summed E-state index contributed by atoms with van der Waals surface area (Å²) in [5.74, 6) is 1.92. The predicted molar refractivity (Wildman–Crippen MR) is 111 cm³/mol.